The van der Waals surface area contributed by atoms with Gasteiger partial charge in [0.25, 0.3) is 0 Å². The second kappa shape index (κ2) is 1.24. The number of hydrogen-bond acceptors (Lipinski definition) is 2. The van der Waals surface area contributed by atoms with E-state index in [2.05, 4.69) is 0 Å². The SMILES string of the molecule is C[Te](C)(=O)=O. The molecule has 2 nitrogen and oxygen atoms in total. The van der Waals surface area contributed by atoms with Crippen LogP contribution in [0, 0.1) is 0 Å². The molecule has 0 radical (unpaired) electrons. The first-order valence-electron chi connectivity index (χ1n) is 1.15. The van der Waals surface area contributed by atoms with Gasteiger partial charge in [0.2, 0.25) is 0 Å². The number of hydrogen-bond donors (Lipinski definition) is 0. The van der Waals surface area contributed by atoms with Gasteiger partial charge in [0.05, 0.1) is 0 Å². The molecule has 0 saturated heterocycles. The molecule has 0 aliphatic carbocycles. The predicted octanol–water partition coefficient (Wildman–Crippen LogP) is 0.549. The van der Waals surface area contributed by atoms with Crippen LogP contribution in [0.2, 0.25) is 9.94 Å². The molecule has 0 rings (SSSR count). The molecule has 3 heteroatoms. The molecule has 0 unspecified atom stereocenters. The molecular formula is C2H6O2Te. The van der Waals surface area contributed by atoms with E-state index < -0.39 is 18.1 Å². The fourth-order valence-corrected chi connectivity index (χ4v) is 0. The molecule has 0 N–H and O–H groups in total. The second-order valence-electron chi connectivity index (χ2n) is 1.14. The first-order valence-corrected chi connectivity index (χ1v) is 7.71. The van der Waals surface area contributed by atoms with Crippen molar-refractivity contribution in [3.8, 4) is 0 Å². The van der Waals surface area contributed by atoms with Crippen LogP contribution in [0.4, 0.5) is 0 Å². The summed E-state index contributed by atoms with van der Waals surface area (Å²) in [6.45, 7) is 0. The average molecular weight is 190 g/mol. The van der Waals surface area contributed by atoms with Crippen molar-refractivity contribution >= 4 is 18.1 Å². The van der Waals surface area contributed by atoms with Crippen LogP contribution in [0.3, 0.4) is 0 Å². The van der Waals surface area contributed by atoms with E-state index in [0.29, 0.717) is 0 Å². The van der Waals surface area contributed by atoms with Crippen LogP contribution >= 0.6 is 0 Å². The predicted molar refractivity (Wildman–Crippen MR) is 18.9 cm³/mol. The van der Waals surface area contributed by atoms with Crippen LogP contribution in [0.1, 0.15) is 0 Å². The van der Waals surface area contributed by atoms with E-state index in [-0.39, 0.29) is 0 Å². The van der Waals surface area contributed by atoms with Gasteiger partial charge in [-0.15, -0.1) is 0 Å². The van der Waals surface area contributed by atoms with Crippen LogP contribution < -0.4 is 0 Å². The molecule has 0 spiro atoms. The van der Waals surface area contributed by atoms with E-state index in [0.717, 1.165) is 0 Å². The minimum atomic E-state index is -3.52. The summed E-state index contributed by atoms with van der Waals surface area (Å²) >= 11 is -3.52. The van der Waals surface area contributed by atoms with E-state index in [1.54, 1.807) is 0 Å². The molecule has 0 aromatic carbocycles. The molecule has 0 bridgehead atoms. The molecule has 0 aliphatic rings. The van der Waals surface area contributed by atoms with Crippen molar-refractivity contribution in [1.29, 1.82) is 0 Å². The van der Waals surface area contributed by atoms with Gasteiger partial charge in [0.1, 0.15) is 0 Å². The Bertz CT molecular complexity index is 90.8. The van der Waals surface area contributed by atoms with Crippen LogP contribution in [0.15, 0.2) is 0 Å². The zero-order valence-electron chi connectivity index (χ0n) is 3.22. The molecule has 0 atom stereocenters. The Kier molecular flexibility index (Phi) is 1.33. The number of rotatable bonds is 0. The van der Waals surface area contributed by atoms with Crippen LogP contribution in [0.5, 0.6) is 0 Å². The van der Waals surface area contributed by atoms with Crippen LogP contribution in [-0.2, 0) is 6.21 Å². The third-order valence-electron chi connectivity index (χ3n) is 0. The van der Waals surface area contributed by atoms with E-state index in [4.69, 9.17) is 0 Å². The molecule has 0 aliphatic heterocycles. The Hall–Kier alpha value is 0.390. The van der Waals surface area contributed by atoms with Crippen molar-refractivity contribution in [2.45, 2.75) is 9.94 Å². The molecule has 0 aromatic heterocycles. The molecule has 32 valence electrons. The summed E-state index contributed by atoms with van der Waals surface area (Å²) in [4.78, 5) is 2.53. The first-order chi connectivity index (χ1) is 2.00. The summed E-state index contributed by atoms with van der Waals surface area (Å²) in [6.07, 6.45) is 0. The molecule has 0 amide bonds. The third-order valence-corrected chi connectivity index (χ3v) is 0. The maximum absolute atomic E-state index is 9.74. The van der Waals surface area contributed by atoms with E-state index in [1.165, 1.54) is 9.94 Å². The fourth-order valence-electron chi connectivity index (χ4n) is 0. The molecule has 0 aromatic rings. The van der Waals surface area contributed by atoms with E-state index >= 15 is 0 Å². The van der Waals surface area contributed by atoms with Gasteiger partial charge < -0.3 is 0 Å². The zero-order chi connectivity index (χ0) is 4.50. The summed E-state index contributed by atoms with van der Waals surface area (Å²) in [7, 11) is 0. The third kappa shape index (κ3) is 165. The van der Waals surface area contributed by atoms with Crippen LogP contribution in [-0.4, -0.2) is 18.1 Å². The molecule has 0 fully saturated rings. The van der Waals surface area contributed by atoms with Gasteiger partial charge in [-0.25, -0.2) is 0 Å². The van der Waals surface area contributed by atoms with Crippen molar-refractivity contribution < 1.29 is 6.21 Å². The maximum atomic E-state index is 9.74. The molecular weight excluding hydrogens is 184 g/mol. The van der Waals surface area contributed by atoms with Gasteiger partial charge in [-0.2, -0.15) is 0 Å². The molecule has 0 heterocycles. The summed E-state index contributed by atoms with van der Waals surface area (Å²) < 4.78 is 19.5. The van der Waals surface area contributed by atoms with Crippen LogP contribution in [0.25, 0.3) is 0 Å². The van der Waals surface area contributed by atoms with Crippen molar-refractivity contribution in [2.24, 2.45) is 0 Å². The van der Waals surface area contributed by atoms with Gasteiger partial charge in [-0.3, -0.25) is 0 Å². The van der Waals surface area contributed by atoms with Gasteiger partial charge in [0.15, 0.2) is 0 Å². The summed E-state index contributed by atoms with van der Waals surface area (Å²) in [5.41, 5.74) is 0. The Morgan fingerprint density at radius 1 is 1.20 bits per heavy atom. The quantitative estimate of drug-likeness (QED) is 0.522. The zero-order valence-corrected chi connectivity index (χ0v) is 5.56. The summed E-state index contributed by atoms with van der Waals surface area (Å²) in [5.74, 6) is 0. The average Bonchev–Trinajstić information content (AvgIpc) is 0.722. The topological polar surface area (TPSA) is 34.1 Å². The monoisotopic (exact) mass is 192 g/mol. The Morgan fingerprint density at radius 3 is 1.20 bits per heavy atom. The van der Waals surface area contributed by atoms with Gasteiger partial charge in [-0.05, 0) is 0 Å². The Labute approximate surface area is 34.8 Å². The van der Waals surface area contributed by atoms with Crippen molar-refractivity contribution in [2.75, 3.05) is 0 Å². The van der Waals surface area contributed by atoms with Crippen molar-refractivity contribution in [1.82, 2.24) is 0 Å². The molecule has 0 saturated carbocycles. The normalized spacial score (nSPS) is 11.6. The van der Waals surface area contributed by atoms with E-state index in [1.807, 2.05) is 0 Å². The van der Waals surface area contributed by atoms with Crippen molar-refractivity contribution in [3.05, 3.63) is 0 Å². The standard InChI is InChI=1S/C2H6O2Te/c1-5(2,3)4/h1-2H3. The van der Waals surface area contributed by atoms with Gasteiger partial charge in [-0.1, -0.05) is 0 Å². The van der Waals surface area contributed by atoms with E-state index in [9.17, 15) is 6.21 Å². The molecule has 5 heavy (non-hydrogen) atoms. The minimum absolute atomic E-state index is 1.27. The Morgan fingerprint density at radius 2 is 1.20 bits per heavy atom. The summed E-state index contributed by atoms with van der Waals surface area (Å²) in [5, 5.41) is 0. The van der Waals surface area contributed by atoms with Crippen molar-refractivity contribution in [3.63, 3.8) is 0 Å². The van der Waals surface area contributed by atoms with Gasteiger partial charge in [0, 0.05) is 0 Å². The summed E-state index contributed by atoms with van der Waals surface area (Å²) in [6, 6.07) is 0. The first kappa shape index (κ1) is 5.39. The fraction of sp³-hybridized carbons (Fsp3) is 1.00. The second-order valence-corrected chi connectivity index (χ2v) is 7.67. The van der Waals surface area contributed by atoms with Gasteiger partial charge >= 0.3 is 34.3 Å². The Balaban J connectivity index is 4.06.